The van der Waals surface area contributed by atoms with Gasteiger partial charge in [-0.05, 0) is 0 Å². The maximum Gasteiger partial charge on any atom is 0.611 e. The lowest BCUT2D eigenvalue weighted by Gasteiger charge is -2.38. The highest BCUT2D eigenvalue weighted by atomic mass is 16.9. The van der Waals surface area contributed by atoms with Crippen LogP contribution in [-0.4, -0.2) is 68.3 Å². The molecule has 0 radical (unpaired) electrons. The Bertz CT molecular complexity index is 362. The van der Waals surface area contributed by atoms with E-state index in [1.807, 2.05) is 13.8 Å². The van der Waals surface area contributed by atoms with Gasteiger partial charge >= 0.3 is 6.16 Å². The Kier molecular flexibility index (Phi) is 6.86. The first-order valence-electron chi connectivity index (χ1n) is 9.28. The van der Waals surface area contributed by atoms with Crippen molar-refractivity contribution in [2.24, 2.45) is 0 Å². The molecule has 2 atom stereocenters. The van der Waals surface area contributed by atoms with Crippen LogP contribution in [0.5, 0.6) is 0 Å². The number of hydrogen-bond donors (Lipinski definition) is 0. The number of likely N-dealkylation sites (tertiary alicyclic amines) is 2. The number of carbonyl (C=O) groups is 1. The lowest BCUT2D eigenvalue weighted by molar-refractivity contribution is -1.14. The predicted octanol–water partition coefficient (Wildman–Crippen LogP) is 2.96. The molecule has 2 fully saturated rings. The van der Waals surface area contributed by atoms with Gasteiger partial charge in [-0.25, -0.2) is 9.68 Å². The lowest BCUT2D eigenvalue weighted by atomic mass is 10.3. The van der Waals surface area contributed by atoms with Crippen LogP contribution in [0.25, 0.3) is 0 Å². The van der Waals surface area contributed by atoms with Crippen molar-refractivity contribution in [3.63, 3.8) is 0 Å². The van der Waals surface area contributed by atoms with Crippen LogP contribution in [0.4, 0.5) is 4.79 Å². The number of ether oxygens (including phenoxy) is 2. The van der Waals surface area contributed by atoms with Gasteiger partial charge in [0.25, 0.3) is 0 Å². The third-order valence-corrected chi connectivity index (χ3v) is 5.45. The van der Waals surface area contributed by atoms with Gasteiger partial charge in [0.05, 0.1) is 0 Å². The van der Waals surface area contributed by atoms with Gasteiger partial charge in [-0.15, -0.1) is 9.29 Å². The van der Waals surface area contributed by atoms with Crippen LogP contribution in [0.15, 0.2) is 0 Å². The third kappa shape index (κ3) is 3.85. The molecule has 0 spiro atoms. The number of quaternary nitrogens is 2. The summed E-state index contributed by atoms with van der Waals surface area (Å²) in [4.78, 5) is 24.3. The van der Waals surface area contributed by atoms with Crippen LogP contribution in [-0.2, 0) is 19.1 Å². The molecule has 7 heteroatoms. The summed E-state index contributed by atoms with van der Waals surface area (Å²) in [5.41, 5.74) is 0. The molecule has 2 aliphatic heterocycles. The van der Waals surface area contributed by atoms with Crippen molar-refractivity contribution in [3.8, 4) is 0 Å². The minimum absolute atomic E-state index is 0.142. The van der Waals surface area contributed by atoms with E-state index in [-0.39, 0.29) is 21.7 Å². The largest absolute Gasteiger partial charge is 0.611 e. The molecule has 7 nitrogen and oxygen atoms in total. The number of carbonyl (C=O) groups excluding carboxylic acids is 1. The fourth-order valence-corrected chi connectivity index (χ4v) is 4.31. The van der Waals surface area contributed by atoms with Crippen molar-refractivity contribution in [2.45, 2.75) is 64.8 Å². The molecule has 0 aromatic rings. The highest BCUT2D eigenvalue weighted by Crippen LogP contribution is 2.31. The molecule has 0 amide bonds. The van der Waals surface area contributed by atoms with Crippen molar-refractivity contribution in [1.82, 2.24) is 0 Å². The summed E-state index contributed by atoms with van der Waals surface area (Å²) in [6.07, 6.45) is 4.81. The first-order valence-corrected chi connectivity index (χ1v) is 9.28. The summed E-state index contributed by atoms with van der Waals surface area (Å²) in [6.45, 7) is 7.22. The van der Waals surface area contributed by atoms with Gasteiger partial charge in [0.15, 0.2) is 0 Å². The van der Waals surface area contributed by atoms with Crippen LogP contribution in [0.2, 0.25) is 0 Å². The van der Waals surface area contributed by atoms with E-state index in [0.717, 1.165) is 64.7 Å². The van der Waals surface area contributed by atoms with Crippen molar-refractivity contribution in [1.29, 1.82) is 0 Å². The Balaban J connectivity index is 2.09. The van der Waals surface area contributed by atoms with E-state index in [4.69, 9.17) is 19.1 Å². The van der Waals surface area contributed by atoms with E-state index >= 15 is 0 Å². The van der Waals surface area contributed by atoms with Crippen LogP contribution >= 0.6 is 0 Å². The molecule has 2 saturated heterocycles. The van der Waals surface area contributed by atoms with Gasteiger partial charge in [0.2, 0.25) is 12.5 Å². The van der Waals surface area contributed by atoms with Crippen LogP contribution in [0.1, 0.15) is 52.4 Å². The second kappa shape index (κ2) is 8.47. The zero-order chi connectivity index (χ0) is 17.6. The van der Waals surface area contributed by atoms with Crippen LogP contribution in [0, 0.1) is 0 Å². The second-order valence-electron chi connectivity index (χ2n) is 6.84. The molecular formula is C17H34N2O5+2. The van der Waals surface area contributed by atoms with Gasteiger partial charge in [0.1, 0.15) is 26.2 Å². The predicted molar refractivity (Wildman–Crippen MR) is 88.2 cm³/mol. The smallest absolute Gasteiger partial charge is 0.329 e. The Morgan fingerprint density at radius 1 is 0.792 bits per heavy atom. The highest BCUT2D eigenvalue weighted by molar-refractivity contribution is 5.58. The number of nitrogens with zero attached hydrogens (tertiary/aromatic N) is 2. The maximum atomic E-state index is 12.7. The Morgan fingerprint density at radius 3 is 1.38 bits per heavy atom. The van der Waals surface area contributed by atoms with Gasteiger partial charge in [-0.2, -0.15) is 4.79 Å². The second-order valence-corrected chi connectivity index (χ2v) is 6.84. The summed E-state index contributed by atoms with van der Waals surface area (Å²) in [6, 6.07) is 0. The molecule has 0 aromatic carbocycles. The zero-order valence-electron chi connectivity index (χ0n) is 15.7. The van der Waals surface area contributed by atoms with Gasteiger partial charge in [-0.3, -0.25) is 0 Å². The summed E-state index contributed by atoms with van der Waals surface area (Å²) in [5.74, 6) is 0. The topological polar surface area (TPSA) is 54.0 Å². The molecule has 0 aromatic heterocycles. The molecule has 0 saturated carbocycles. The van der Waals surface area contributed by atoms with Crippen molar-refractivity contribution in [3.05, 3.63) is 0 Å². The molecule has 2 aliphatic rings. The van der Waals surface area contributed by atoms with Crippen molar-refractivity contribution < 1.29 is 33.2 Å². The summed E-state index contributed by atoms with van der Waals surface area (Å²) >= 11 is 0. The molecule has 140 valence electrons. The molecule has 2 rings (SSSR count). The van der Waals surface area contributed by atoms with E-state index in [0.29, 0.717) is 0 Å². The SMILES string of the molecule is CCC(OC)[N+]1(OC(=O)O[N+]2(C(CC)OC)CCCC2)CCCC1. The van der Waals surface area contributed by atoms with E-state index in [2.05, 4.69) is 0 Å². The monoisotopic (exact) mass is 346 g/mol. The van der Waals surface area contributed by atoms with Gasteiger partial charge < -0.3 is 9.47 Å². The molecule has 0 aliphatic carbocycles. The summed E-state index contributed by atoms with van der Waals surface area (Å²) in [5, 5.41) is 0. The lowest BCUT2D eigenvalue weighted by Crippen LogP contribution is -2.59. The van der Waals surface area contributed by atoms with Gasteiger partial charge in [-0.1, -0.05) is 13.8 Å². The van der Waals surface area contributed by atoms with E-state index in [1.165, 1.54) is 0 Å². The molecular weight excluding hydrogens is 312 g/mol. The van der Waals surface area contributed by atoms with Crippen LogP contribution < -0.4 is 0 Å². The number of rotatable bonds is 8. The Morgan fingerprint density at radius 2 is 1.12 bits per heavy atom. The molecule has 0 bridgehead atoms. The van der Waals surface area contributed by atoms with Crippen LogP contribution in [0.3, 0.4) is 0 Å². The minimum Gasteiger partial charge on any atom is -0.329 e. The average Bonchev–Trinajstić information content (AvgIpc) is 3.21. The van der Waals surface area contributed by atoms with Gasteiger partial charge in [0, 0.05) is 52.7 Å². The molecule has 2 heterocycles. The maximum absolute atomic E-state index is 12.7. The highest BCUT2D eigenvalue weighted by Gasteiger charge is 2.50. The number of hydrogen-bond acceptors (Lipinski definition) is 5. The summed E-state index contributed by atoms with van der Waals surface area (Å²) < 4.78 is 11.6. The minimum atomic E-state index is -0.607. The first-order chi connectivity index (χ1) is 11.6. The molecule has 0 N–H and O–H groups in total. The van der Waals surface area contributed by atoms with E-state index in [1.54, 1.807) is 14.2 Å². The average molecular weight is 346 g/mol. The fraction of sp³-hybridized carbons (Fsp3) is 0.941. The van der Waals surface area contributed by atoms with E-state index < -0.39 is 6.16 Å². The first kappa shape index (κ1) is 19.4. The molecule has 24 heavy (non-hydrogen) atoms. The molecule has 2 unspecified atom stereocenters. The standard InChI is InChI=1S/C17H34N2O5/c1-5-15(21-3)18(11-7-8-12-18)23-17(20)24-19(13-9-10-14-19)16(6-2)22-4/h15-16H,5-14H2,1-4H3/q+2. The zero-order valence-corrected chi connectivity index (χ0v) is 15.7. The fourth-order valence-electron chi connectivity index (χ4n) is 4.31. The third-order valence-electron chi connectivity index (χ3n) is 5.45. The number of methoxy groups -OCH3 is 2. The number of hydroxylamine groups is 6. The Hall–Kier alpha value is -0.890. The van der Waals surface area contributed by atoms with E-state index in [9.17, 15) is 4.79 Å². The quantitative estimate of drug-likeness (QED) is 0.633. The van der Waals surface area contributed by atoms with Crippen molar-refractivity contribution in [2.75, 3.05) is 40.4 Å². The van der Waals surface area contributed by atoms with Crippen molar-refractivity contribution >= 4 is 6.16 Å². The summed E-state index contributed by atoms with van der Waals surface area (Å²) in [7, 11) is 3.35. The normalized spacial score (nSPS) is 24.5. The Labute approximate surface area is 145 Å².